The zero-order valence-corrected chi connectivity index (χ0v) is 6.64. The highest BCUT2D eigenvalue weighted by atomic mass is 16.5. The van der Waals surface area contributed by atoms with Crippen LogP contribution in [0.15, 0.2) is 24.4 Å². The highest BCUT2D eigenvalue weighted by molar-refractivity contribution is 5.11. The van der Waals surface area contributed by atoms with E-state index >= 15 is 0 Å². The Labute approximate surface area is 61.6 Å². The minimum atomic E-state index is 0.144. The molecule has 0 spiro atoms. The number of ether oxygens (including phenoxy) is 1. The van der Waals surface area contributed by atoms with Crippen LogP contribution in [0.3, 0.4) is 0 Å². The smallest absolute Gasteiger partial charge is 0.110 e. The van der Waals surface area contributed by atoms with Crippen LogP contribution in [0, 0.1) is 5.41 Å². The van der Waals surface area contributed by atoms with Gasteiger partial charge < -0.3 is 10.1 Å². The maximum absolute atomic E-state index is 5.00. The predicted octanol–water partition coefficient (Wildman–Crippen LogP) is 1.96. The first-order valence-corrected chi connectivity index (χ1v) is 3.38. The number of allylic oxidation sites excluding steroid dienone is 1. The topological polar surface area (TPSA) is 21.3 Å². The molecule has 2 nitrogen and oxygen atoms in total. The summed E-state index contributed by atoms with van der Waals surface area (Å²) in [4.78, 5) is 0. The maximum atomic E-state index is 5.00. The average Bonchev–Trinajstić information content (AvgIpc) is 1.88. The van der Waals surface area contributed by atoms with E-state index in [1.807, 2.05) is 0 Å². The van der Waals surface area contributed by atoms with E-state index in [0.29, 0.717) is 0 Å². The molecule has 0 saturated carbocycles. The van der Waals surface area contributed by atoms with E-state index in [4.69, 9.17) is 4.74 Å². The first kappa shape index (κ1) is 7.19. The molecule has 0 aromatic carbocycles. The maximum Gasteiger partial charge on any atom is 0.110 e. The van der Waals surface area contributed by atoms with Gasteiger partial charge in [0.2, 0.25) is 0 Å². The van der Waals surface area contributed by atoms with Gasteiger partial charge in [0.1, 0.15) is 12.5 Å². The molecule has 0 fully saturated rings. The molecule has 1 N–H and O–H groups in total. The minimum absolute atomic E-state index is 0.144. The van der Waals surface area contributed by atoms with Gasteiger partial charge in [-0.25, -0.2) is 0 Å². The molecule has 1 aliphatic rings. The summed E-state index contributed by atoms with van der Waals surface area (Å²) in [5.74, 6) is 0. The van der Waals surface area contributed by atoms with E-state index < -0.39 is 0 Å². The predicted molar refractivity (Wildman–Crippen MR) is 40.9 cm³/mol. The van der Waals surface area contributed by atoms with Gasteiger partial charge in [-0.15, -0.1) is 0 Å². The highest BCUT2D eigenvalue weighted by Gasteiger charge is 2.17. The number of nitrogens with one attached hydrogen (secondary N) is 1. The molecule has 10 heavy (non-hydrogen) atoms. The SMILES string of the molecule is CC(C)(C)C1=COC=CN1. The van der Waals surface area contributed by atoms with E-state index in [-0.39, 0.29) is 5.41 Å². The Hall–Kier alpha value is -0.920. The first-order chi connectivity index (χ1) is 4.61. The summed E-state index contributed by atoms with van der Waals surface area (Å²) in [5.41, 5.74) is 1.25. The molecule has 0 radical (unpaired) electrons. The highest BCUT2D eigenvalue weighted by Crippen LogP contribution is 2.23. The number of hydrogen-bond acceptors (Lipinski definition) is 2. The number of rotatable bonds is 0. The van der Waals surface area contributed by atoms with Crippen LogP contribution in [0.25, 0.3) is 0 Å². The molecule has 56 valence electrons. The Bertz CT molecular complexity index is 174. The summed E-state index contributed by atoms with van der Waals surface area (Å²) < 4.78 is 5.00. The van der Waals surface area contributed by atoms with Gasteiger partial charge in [0, 0.05) is 11.6 Å². The van der Waals surface area contributed by atoms with Gasteiger partial charge in [-0.05, 0) is 0 Å². The second-order valence-electron chi connectivity index (χ2n) is 3.36. The van der Waals surface area contributed by atoms with E-state index in [1.165, 1.54) is 0 Å². The molecule has 1 aliphatic heterocycles. The van der Waals surface area contributed by atoms with Crippen molar-refractivity contribution in [1.82, 2.24) is 5.32 Å². The molecule has 0 bridgehead atoms. The van der Waals surface area contributed by atoms with Crippen LogP contribution < -0.4 is 5.32 Å². The summed E-state index contributed by atoms with van der Waals surface area (Å²) in [5, 5.41) is 3.11. The lowest BCUT2D eigenvalue weighted by molar-refractivity contribution is 0.350. The van der Waals surface area contributed by atoms with Crippen LogP contribution >= 0.6 is 0 Å². The lowest BCUT2D eigenvalue weighted by atomic mass is 9.92. The lowest BCUT2D eigenvalue weighted by Gasteiger charge is -2.23. The minimum Gasteiger partial charge on any atom is -0.469 e. The zero-order valence-electron chi connectivity index (χ0n) is 6.64. The fourth-order valence-electron chi connectivity index (χ4n) is 0.698. The van der Waals surface area contributed by atoms with Gasteiger partial charge in [-0.2, -0.15) is 0 Å². The summed E-state index contributed by atoms with van der Waals surface area (Å²) in [6.07, 6.45) is 5.15. The molecule has 0 atom stereocenters. The van der Waals surface area contributed by atoms with Crippen LogP contribution in [-0.2, 0) is 4.74 Å². The Morgan fingerprint density at radius 1 is 1.40 bits per heavy atom. The van der Waals surface area contributed by atoms with Gasteiger partial charge in [0.25, 0.3) is 0 Å². The van der Waals surface area contributed by atoms with Crippen molar-refractivity contribution in [2.45, 2.75) is 20.8 Å². The van der Waals surface area contributed by atoms with E-state index in [0.717, 1.165) is 5.70 Å². The summed E-state index contributed by atoms with van der Waals surface area (Å²) in [7, 11) is 0. The van der Waals surface area contributed by atoms with Crippen molar-refractivity contribution in [2.75, 3.05) is 0 Å². The van der Waals surface area contributed by atoms with Crippen LogP contribution in [-0.4, -0.2) is 0 Å². The average molecular weight is 139 g/mol. The molecule has 0 amide bonds. The number of hydrogen-bond donors (Lipinski definition) is 1. The summed E-state index contributed by atoms with van der Waals surface area (Å²) >= 11 is 0. The third-order valence-corrected chi connectivity index (χ3v) is 1.38. The van der Waals surface area contributed by atoms with Gasteiger partial charge in [0.05, 0.1) is 5.70 Å². The monoisotopic (exact) mass is 139 g/mol. The molecule has 0 unspecified atom stereocenters. The van der Waals surface area contributed by atoms with Crippen molar-refractivity contribution in [3.05, 3.63) is 24.4 Å². The second-order valence-corrected chi connectivity index (χ2v) is 3.36. The van der Waals surface area contributed by atoms with Gasteiger partial charge >= 0.3 is 0 Å². The molecule has 2 heteroatoms. The zero-order chi connectivity index (χ0) is 7.61. The molecule has 0 aromatic rings. The van der Waals surface area contributed by atoms with Crippen molar-refractivity contribution in [1.29, 1.82) is 0 Å². The van der Waals surface area contributed by atoms with Crippen LogP contribution in [0.1, 0.15) is 20.8 Å². The Morgan fingerprint density at radius 3 is 2.40 bits per heavy atom. The molecule has 0 saturated heterocycles. The van der Waals surface area contributed by atoms with Crippen molar-refractivity contribution in [3.63, 3.8) is 0 Å². The third kappa shape index (κ3) is 1.53. The molecule has 0 aliphatic carbocycles. The van der Waals surface area contributed by atoms with Crippen molar-refractivity contribution < 1.29 is 4.74 Å². The quantitative estimate of drug-likeness (QED) is 0.554. The standard InChI is InChI=1S/C8H13NO/c1-8(2,3)7-6-10-5-4-9-7/h4-6,9H,1-3H3. The first-order valence-electron chi connectivity index (χ1n) is 3.38. The van der Waals surface area contributed by atoms with Crippen molar-refractivity contribution >= 4 is 0 Å². The van der Waals surface area contributed by atoms with Crippen LogP contribution in [0.2, 0.25) is 0 Å². The second kappa shape index (κ2) is 2.37. The van der Waals surface area contributed by atoms with Crippen molar-refractivity contribution in [3.8, 4) is 0 Å². The van der Waals surface area contributed by atoms with E-state index in [9.17, 15) is 0 Å². The Balaban J connectivity index is 2.65. The molecular formula is C8H13NO. The molecular weight excluding hydrogens is 126 g/mol. The summed E-state index contributed by atoms with van der Waals surface area (Å²) in [6.45, 7) is 6.40. The Kier molecular flexibility index (Phi) is 1.70. The van der Waals surface area contributed by atoms with Gasteiger partial charge in [-0.3, -0.25) is 0 Å². The van der Waals surface area contributed by atoms with Gasteiger partial charge in [-0.1, -0.05) is 20.8 Å². The summed E-state index contributed by atoms with van der Waals surface area (Å²) in [6, 6.07) is 0. The fraction of sp³-hybridized carbons (Fsp3) is 0.500. The Morgan fingerprint density at radius 2 is 2.10 bits per heavy atom. The van der Waals surface area contributed by atoms with Crippen LogP contribution in [0.5, 0.6) is 0 Å². The largest absolute Gasteiger partial charge is 0.469 e. The van der Waals surface area contributed by atoms with Gasteiger partial charge in [0.15, 0.2) is 0 Å². The lowest BCUT2D eigenvalue weighted by Crippen LogP contribution is -2.22. The molecule has 0 aromatic heterocycles. The van der Waals surface area contributed by atoms with Crippen molar-refractivity contribution in [2.24, 2.45) is 5.41 Å². The van der Waals surface area contributed by atoms with E-state index in [1.54, 1.807) is 18.7 Å². The van der Waals surface area contributed by atoms with E-state index in [2.05, 4.69) is 26.1 Å². The molecule has 1 heterocycles. The molecule has 1 rings (SSSR count). The normalized spacial score (nSPS) is 17.3. The van der Waals surface area contributed by atoms with Crippen LogP contribution in [0.4, 0.5) is 0 Å². The fourth-order valence-corrected chi connectivity index (χ4v) is 0.698. The third-order valence-electron chi connectivity index (χ3n) is 1.38.